The van der Waals surface area contributed by atoms with E-state index in [2.05, 4.69) is 22.5 Å². The molecule has 10 heteroatoms. The highest BCUT2D eigenvalue weighted by molar-refractivity contribution is 6.40. The number of imidazole rings is 1. The van der Waals surface area contributed by atoms with Gasteiger partial charge in [0.05, 0.1) is 31.7 Å². The van der Waals surface area contributed by atoms with Crippen LogP contribution in [-0.2, 0) is 22.6 Å². The SMILES string of the molecule is CCNC(=O)Nc1cccc(C2O[C@H](Cn3cnc(Cl)c3Cl)[C@H](C)[C@H](c3ccc(CO)cc3)O2)c1. The van der Waals surface area contributed by atoms with E-state index in [0.29, 0.717) is 23.9 Å². The van der Waals surface area contributed by atoms with Crippen molar-refractivity contribution in [1.29, 1.82) is 0 Å². The van der Waals surface area contributed by atoms with E-state index in [0.717, 1.165) is 16.7 Å². The smallest absolute Gasteiger partial charge is 0.319 e. The first-order chi connectivity index (χ1) is 16.9. The molecule has 0 bridgehead atoms. The first-order valence-electron chi connectivity index (χ1n) is 11.4. The summed E-state index contributed by atoms with van der Waals surface area (Å²) in [5.74, 6) is -0.0416. The van der Waals surface area contributed by atoms with Crippen LogP contribution >= 0.6 is 23.2 Å². The molecule has 1 fully saturated rings. The van der Waals surface area contributed by atoms with Crippen LogP contribution in [0.4, 0.5) is 10.5 Å². The van der Waals surface area contributed by atoms with E-state index in [4.69, 9.17) is 32.7 Å². The molecule has 35 heavy (non-hydrogen) atoms. The molecule has 3 N–H and O–H groups in total. The van der Waals surface area contributed by atoms with Crippen molar-refractivity contribution in [2.75, 3.05) is 11.9 Å². The Morgan fingerprint density at radius 3 is 2.57 bits per heavy atom. The third-order valence-electron chi connectivity index (χ3n) is 5.99. The first kappa shape index (κ1) is 25.5. The van der Waals surface area contributed by atoms with Crippen LogP contribution in [0.25, 0.3) is 0 Å². The second-order valence-electron chi connectivity index (χ2n) is 8.41. The molecule has 8 nitrogen and oxygen atoms in total. The zero-order valence-electron chi connectivity index (χ0n) is 19.4. The molecule has 2 amide bonds. The van der Waals surface area contributed by atoms with Crippen LogP contribution < -0.4 is 10.6 Å². The average Bonchev–Trinajstić information content (AvgIpc) is 3.18. The van der Waals surface area contributed by atoms with E-state index in [1.165, 1.54) is 0 Å². The molecular weight excluding hydrogens is 491 g/mol. The summed E-state index contributed by atoms with van der Waals surface area (Å²) in [7, 11) is 0. The Kier molecular flexibility index (Phi) is 8.30. The Bertz CT molecular complexity index is 1150. The minimum Gasteiger partial charge on any atom is -0.392 e. The van der Waals surface area contributed by atoms with Gasteiger partial charge in [-0.2, -0.15) is 0 Å². The summed E-state index contributed by atoms with van der Waals surface area (Å²) in [6.07, 6.45) is 0.337. The molecule has 4 atom stereocenters. The van der Waals surface area contributed by atoms with Crippen LogP contribution in [0.3, 0.4) is 0 Å². The number of aromatic nitrogens is 2. The number of rotatable bonds is 7. The predicted molar refractivity (Wildman–Crippen MR) is 134 cm³/mol. The molecule has 0 spiro atoms. The van der Waals surface area contributed by atoms with Crippen LogP contribution in [0.5, 0.6) is 0 Å². The standard InChI is InChI=1S/C25H28Cl2N4O4/c1-3-28-25(33)30-19-6-4-5-18(11-19)24-34-20(12-31-14-29-22(26)23(31)27)15(2)21(35-24)17-9-7-16(13-32)8-10-17/h4-11,14-15,20-21,24,32H,3,12-13H2,1-2H3,(H2,28,30,33)/t15-,20+,21+,24?/m0/s1. The van der Waals surface area contributed by atoms with Gasteiger partial charge in [-0.1, -0.05) is 66.5 Å². The number of aliphatic hydroxyl groups is 1. The molecule has 2 aromatic carbocycles. The van der Waals surface area contributed by atoms with Crippen LogP contribution in [0.15, 0.2) is 54.9 Å². The van der Waals surface area contributed by atoms with Gasteiger partial charge in [0.1, 0.15) is 5.15 Å². The van der Waals surface area contributed by atoms with Gasteiger partial charge in [-0.15, -0.1) is 0 Å². The van der Waals surface area contributed by atoms with E-state index in [1.54, 1.807) is 17.0 Å². The Labute approximate surface area is 214 Å². The van der Waals surface area contributed by atoms with Gasteiger partial charge >= 0.3 is 6.03 Å². The normalized spacial score (nSPS) is 22.1. The highest BCUT2D eigenvalue weighted by Crippen LogP contribution is 2.42. The molecule has 0 saturated carbocycles. The van der Waals surface area contributed by atoms with Crippen molar-refractivity contribution in [2.24, 2.45) is 5.92 Å². The zero-order chi connectivity index (χ0) is 24.9. The molecule has 1 aromatic heterocycles. The minimum absolute atomic E-state index is 0.0268. The Balaban J connectivity index is 1.63. The number of halogens is 2. The molecule has 1 unspecified atom stereocenters. The van der Waals surface area contributed by atoms with Crippen molar-refractivity contribution in [1.82, 2.24) is 14.9 Å². The highest BCUT2D eigenvalue weighted by atomic mass is 35.5. The molecule has 0 aliphatic carbocycles. The van der Waals surface area contributed by atoms with Crippen LogP contribution in [0.2, 0.25) is 10.3 Å². The van der Waals surface area contributed by atoms with Crippen LogP contribution in [0.1, 0.15) is 42.9 Å². The van der Waals surface area contributed by atoms with Crippen molar-refractivity contribution in [2.45, 2.75) is 45.5 Å². The Morgan fingerprint density at radius 2 is 1.91 bits per heavy atom. The maximum Gasteiger partial charge on any atom is 0.319 e. The number of aliphatic hydroxyl groups excluding tert-OH is 1. The van der Waals surface area contributed by atoms with Crippen molar-refractivity contribution < 1.29 is 19.4 Å². The maximum atomic E-state index is 12.0. The Hall–Kier alpha value is -2.62. The summed E-state index contributed by atoms with van der Waals surface area (Å²) in [6, 6.07) is 14.8. The number of urea groups is 1. The molecule has 1 aliphatic rings. The number of nitrogens with one attached hydrogen (secondary N) is 2. The van der Waals surface area contributed by atoms with Crippen LogP contribution in [-0.4, -0.2) is 33.3 Å². The molecular formula is C25H28Cl2N4O4. The second-order valence-corrected chi connectivity index (χ2v) is 9.13. The quantitative estimate of drug-likeness (QED) is 0.393. The zero-order valence-corrected chi connectivity index (χ0v) is 21.0. The number of carbonyl (C=O) groups excluding carboxylic acids is 1. The van der Waals surface area contributed by atoms with Gasteiger partial charge in [-0.05, 0) is 30.2 Å². The number of nitrogens with zero attached hydrogens (tertiary/aromatic N) is 2. The summed E-state index contributed by atoms with van der Waals surface area (Å²) in [5, 5.41) is 15.5. The van der Waals surface area contributed by atoms with Gasteiger partial charge in [0, 0.05) is 23.7 Å². The summed E-state index contributed by atoms with van der Waals surface area (Å²) in [5.41, 5.74) is 3.19. The summed E-state index contributed by atoms with van der Waals surface area (Å²) in [4.78, 5) is 16.1. The first-order valence-corrected chi connectivity index (χ1v) is 12.2. The number of anilines is 1. The molecule has 4 rings (SSSR count). The van der Waals surface area contributed by atoms with E-state index < -0.39 is 6.29 Å². The molecule has 1 aliphatic heterocycles. The van der Waals surface area contributed by atoms with E-state index in [9.17, 15) is 9.90 Å². The van der Waals surface area contributed by atoms with E-state index in [-0.39, 0.29) is 35.9 Å². The van der Waals surface area contributed by atoms with Gasteiger partial charge < -0.3 is 29.8 Å². The van der Waals surface area contributed by atoms with Crippen molar-refractivity contribution >= 4 is 34.9 Å². The summed E-state index contributed by atoms with van der Waals surface area (Å²) in [6.45, 7) is 4.85. The monoisotopic (exact) mass is 518 g/mol. The number of carbonyl (C=O) groups is 1. The lowest BCUT2D eigenvalue weighted by atomic mass is 9.90. The highest BCUT2D eigenvalue weighted by Gasteiger charge is 2.39. The molecule has 2 heterocycles. The topological polar surface area (TPSA) is 97.6 Å². The molecule has 1 saturated heterocycles. The number of amides is 2. The van der Waals surface area contributed by atoms with Crippen molar-refractivity contribution in [3.05, 3.63) is 81.9 Å². The lowest BCUT2D eigenvalue weighted by molar-refractivity contribution is -0.276. The summed E-state index contributed by atoms with van der Waals surface area (Å²) >= 11 is 12.4. The number of ether oxygens (including phenoxy) is 2. The molecule has 186 valence electrons. The lowest BCUT2D eigenvalue weighted by Gasteiger charge is -2.41. The van der Waals surface area contributed by atoms with Gasteiger partial charge in [0.15, 0.2) is 11.4 Å². The number of hydrogen-bond acceptors (Lipinski definition) is 5. The Morgan fingerprint density at radius 1 is 1.14 bits per heavy atom. The van der Waals surface area contributed by atoms with Crippen molar-refractivity contribution in [3.63, 3.8) is 0 Å². The minimum atomic E-state index is -0.688. The molecule has 0 radical (unpaired) electrons. The third-order valence-corrected chi connectivity index (χ3v) is 6.76. The fourth-order valence-corrected chi connectivity index (χ4v) is 4.40. The van der Waals surface area contributed by atoms with Gasteiger partial charge in [0.25, 0.3) is 0 Å². The summed E-state index contributed by atoms with van der Waals surface area (Å²) < 4.78 is 14.6. The average molecular weight is 519 g/mol. The van der Waals surface area contributed by atoms with Crippen molar-refractivity contribution in [3.8, 4) is 0 Å². The predicted octanol–water partition coefficient (Wildman–Crippen LogP) is 5.32. The molecule has 3 aromatic rings. The van der Waals surface area contributed by atoms with Crippen LogP contribution in [0, 0.1) is 5.92 Å². The second kappa shape index (κ2) is 11.4. The number of hydrogen-bond donors (Lipinski definition) is 3. The lowest BCUT2D eigenvalue weighted by Crippen LogP contribution is -2.39. The fraction of sp³-hybridized carbons (Fsp3) is 0.360. The maximum absolute atomic E-state index is 12.0. The fourth-order valence-electron chi connectivity index (χ4n) is 4.09. The van der Waals surface area contributed by atoms with Gasteiger partial charge in [-0.3, -0.25) is 0 Å². The van der Waals surface area contributed by atoms with Gasteiger partial charge in [0.2, 0.25) is 0 Å². The van der Waals surface area contributed by atoms with E-state index >= 15 is 0 Å². The third kappa shape index (κ3) is 5.97. The number of benzene rings is 2. The van der Waals surface area contributed by atoms with Gasteiger partial charge in [-0.25, -0.2) is 9.78 Å². The van der Waals surface area contributed by atoms with E-state index in [1.807, 2.05) is 49.4 Å². The largest absolute Gasteiger partial charge is 0.392 e.